The summed E-state index contributed by atoms with van der Waals surface area (Å²) in [5, 5.41) is 0. The molecule has 0 aliphatic rings. The van der Waals surface area contributed by atoms with Gasteiger partial charge < -0.3 is 4.90 Å². The largest absolute Gasteiger partial charge is 0.309 e. The van der Waals surface area contributed by atoms with Crippen LogP contribution in [0.4, 0.5) is 0 Å². The zero-order valence-electron chi connectivity index (χ0n) is 9.86. The third-order valence-corrected chi connectivity index (χ3v) is 1.87. The molecule has 0 atom stereocenters. The topological polar surface area (TPSA) is 3.24 Å². The lowest BCUT2D eigenvalue weighted by Gasteiger charge is -2.28. The van der Waals surface area contributed by atoms with Crippen LogP contribution in [-0.2, 0) is 0 Å². The molecule has 0 radical (unpaired) electrons. The second-order valence-corrected chi connectivity index (χ2v) is 3.90. The molecule has 0 spiro atoms. The second-order valence-electron chi connectivity index (χ2n) is 3.90. The summed E-state index contributed by atoms with van der Waals surface area (Å²) in [6, 6.07) is 0. The first kappa shape index (κ1) is 14.2. The van der Waals surface area contributed by atoms with Gasteiger partial charge in [0.25, 0.3) is 0 Å². The van der Waals surface area contributed by atoms with Gasteiger partial charge in [0.05, 0.1) is 0 Å². The van der Waals surface area contributed by atoms with Gasteiger partial charge >= 0.3 is 0 Å². The molecule has 0 aromatic carbocycles. The molecule has 0 aliphatic carbocycles. The summed E-state index contributed by atoms with van der Waals surface area (Å²) in [7, 11) is 4.18. The summed E-state index contributed by atoms with van der Waals surface area (Å²) in [6.45, 7) is 15.5. The van der Waals surface area contributed by atoms with Gasteiger partial charge in [0.2, 0.25) is 0 Å². The van der Waals surface area contributed by atoms with Crippen LogP contribution in [0.15, 0.2) is 12.2 Å². The van der Waals surface area contributed by atoms with E-state index in [1.165, 1.54) is 5.57 Å². The maximum atomic E-state index is 3.95. The summed E-state index contributed by atoms with van der Waals surface area (Å²) in [5.74, 6) is 0. The van der Waals surface area contributed by atoms with Gasteiger partial charge in [0.15, 0.2) is 0 Å². The molecule has 1 heteroatoms. The summed E-state index contributed by atoms with van der Waals surface area (Å²) in [5.41, 5.74) is 1.50. The van der Waals surface area contributed by atoms with Crippen LogP contribution in [0.3, 0.4) is 0 Å². The van der Waals surface area contributed by atoms with Crippen molar-refractivity contribution in [2.24, 2.45) is 5.41 Å². The Hall–Kier alpha value is -0.300. The van der Waals surface area contributed by atoms with Crippen molar-refractivity contribution in [2.75, 3.05) is 20.6 Å². The average molecular weight is 171 g/mol. The molecule has 0 aromatic heterocycles. The fourth-order valence-corrected chi connectivity index (χ4v) is 0.926. The highest BCUT2D eigenvalue weighted by Crippen LogP contribution is 2.24. The Morgan fingerprint density at radius 3 is 1.67 bits per heavy atom. The van der Waals surface area contributed by atoms with Crippen molar-refractivity contribution < 1.29 is 0 Å². The molecule has 0 aliphatic heterocycles. The van der Waals surface area contributed by atoms with Gasteiger partial charge in [-0.05, 0) is 26.4 Å². The third-order valence-electron chi connectivity index (χ3n) is 1.87. The van der Waals surface area contributed by atoms with Crippen LogP contribution in [0.2, 0.25) is 0 Å². The Balaban J connectivity index is 0. The highest BCUT2D eigenvalue weighted by atomic mass is 15.1. The fourth-order valence-electron chi connectivity index (χ4n) is 0.926. The van der Waals surface area contributed by atoms with Crippen LogP contribution in [0, 0.1) is 5.41 Å². The lowest BCUT2D eigenvalue weighted by molar-refractivity contribution is 0.280. The lowest BCUT2D eigenvalue weighted by atomic mass is 9.86. The van der Waals surface area contributed by atoms with Crippen LogP contribution >= 0.6 is 0 Å². The van der Waals surface area contributed by atoms with Crippen LogP contribution in [0.5, 0.6) is 0 Å². The van der Waals surface area contributed by atoms with E-state index in [2.05, 4.69) is 46.3 Å². The minimum atomic E-state index is 0.253. The molecule has 0 heterocycles. The summed E-state index contributed by atoms with van der Waals surface area (Å²) >= 11 is 0. The Labute approximate surface area is 78.5 Å². The predicted octanol–water partition coefficient (Wildman–Crippen LogP) is 3.18. The zero-order chi connectivity index (χ0) is 10.4. The standard InChI is InChI=1S/C9H19N.C2H6/c1-8(2)9(3,4)7-10(5)6;1-2/h1,7H2,2-6H3;1-2H3. The number of hydrogen-bond donors (Lipinski definition) is 0. The van der Waals surface area contributed by atoms with Crippen molar-refractivity contribution in [3.05, 3.63) is 12.2 Å². The van der Waals surface area contributed by atoms with E-state index in [9.17, 15) is 0 Å². The van der Waals surface area contributed by atoms with Crippen LogP contribution in [0.25, 0.3) is 0 Å². The van der Waals surface area contributed by atoms with Crippen LogP contribution in [-0.4, -0.2) is 25.5 Å². The van der Waals surface area contributed by atoms with E-state index in [4.69, 9.17) is 0 Å². The number of nitrogens with zero attached hydrogens (tertiary/aromatic N) is 1. The van der Waals surface area contributed by atoms with Crippen molar-refractivity contribution >= 4 is 0 Å². The van der Waals surface area contributed by atoms with E-state index < -0.39 is 0 Å². The van der Waals surface area contributed by atoms with Crippen LogP contribution < -0.4 is 0 Å². The summed E-state index contributed by atoms with van der Waals surface area (Å²) in [6.07, 6.45) is 0. The maximum Gasteiger partial charge on any atom is 0.00637 e. The quantitative estimate of drug-likeness (QED) is 0.590. The maximum absolute atomic E-state index is 3.95. The number of hydrogen-bond acceptors (Lipinski definition) is 1. The molecular weight excluding hydrogens is 146 g/mol. The molecule has 74 valence electrons. The monoisotopic (exact) mass is 171 g/mol. The first-order chi connectivity index (χ1) is 5.36. The van der Waals surface area contributed by atoms with Gasteiger partial charge in [-0.3, -0.25) is 0 Å². The molecule has 0 bridgehead atoms. The van der Waals surface area contributed by atoms with E-state index in [-0.39, 0.29) is 5.41 Å². The highest BCUT2D eigenvalue weighted by molar-refractivity contribution is 5.03. The molecule has 0 saturated carbocycles. The van der Waals surface area contributed by atoms with Crippen molar-refractivity contribution in [2.45, 2.75) is 34.6 Å². The van der Waals surface area contributed by atoms with Crippen molar-refractivity contribution in [3.63, 3.8) is 0 Å². The normalized spacial score (nSPS) is 10.7. The van der Waals surface area contributed by atoms with Gasteiger partial charge in [0, 0.05) is 6.54 Å². The van der Waals surface area contributed by atoms with E-state index in [1.807, 2.05) is 13.8 Å². The SMILES string of the molecule is C=C(C)C(C)(C)CN(C)C.CC. The molecule has 0 aromatic rings. The summed E-state index contributed by atoms with van der Waals surface area (Å²) in [4.78, 5) is 2.19. The van der Waals surface area contributed by atoms with E-state index in [1.54, 1.807) is 0 Å². The fraction of sp³-hybridized carbons (Fsp3) is 0.818. The van der Waals surface area contributed by atoms with Crippen molar-refractivity contribution in [1.82, 2.24) is 4.90 Å². The molecule has 0 N–H and O–H groups in total. The molecule has 12 heavy (non-hydrogen) atoms. The van der Waals surface area contributed by atoms with E-state index in [0.717, 1.165) is 6.54 Å². The zero-order valence-corrected chi connectivity index (χ0v) is 9.86. The first-order valence-electron chi connectivity index (χ1n) is 4.67. The Morgan fingerprint density at radius 2 is 1.58 bits per heavy atom. The third kappa shape index (κ3) is 6.41. The molecular formula is C11H25N. The minimum absolute atomic E-state index is 0.253. The Morgan fingerprint density at radius 1 is 1.25 bits per heavy atom. The molecule has 0 unspecified atom stereocenters. The Kier molecular flexibility index (Phi) is 7.41. The van der Waals surface area contributed by atoms with Crippen molar-refractivity contribution in [1.29, 1.82) is 0 Å². The minimum Gasteiger partial charge on any atom is -0.309 e. The van der Waals surface area contributed by atoms with E-state index in [0.29, 0.717) is 0 Å². The Bertz CT molecular complexity index is 123. The molecule has 0 rings (SSSR count). The smallest absolute Gasteiger partial charge is 0.00637 e. The van der Waals surface area contributed by atoms with Gasteiger partial charge in [-0.15, -0.1) is 0 Å². The van der Waals surface area contributed by atoms with Crippen molar-refractivity contribution in [3.8, 4) is 0 Å². The van der Waals surface area contributed by atoms with Gasteiger partial charge in [-0.1, -0.05) is 39.8 Å². The molecule has 0 fully saturated rings. The lowest BCUT2D eigenvalue weighted by Crippen LogP contribution is -2.29. The van der Waals surface area contributed by atoms with Gasteiger partial charge in [0.1, 0.15) is 0 Å². The van der Waals surface area contributed by atoms with E-state index >= 15 is 0 Å². The van der Waals surface area contributed by atoms with Gasteiger partial charge in [-0.25, -0.2) is 0 Å². The highest BCUT2D eigenvalue weighted by Gasteiger charge is 2.18. The summed E-state index contributed by atoms with van der Waals surface area (Å²) < 4.78 is 0. The molecule has 1 nitrogen and oxygen atoms in total. The first-order valence-corrected chi connectivity index (χ1v) is 4.67. The predicted molar refractivity (Wildman–Crippen MR) is 58.5 cm³/mol. The molecule has 0 saturated heterocycles. The average Bonchev–Trinajstić information content (AvgIpc) is 1.89. The second kappa shape index (κ2) is 6.24. The van der Waals surface area contributed by atoms with Crippen LogP contribution in [0.1, 0.15) is 34.6 Å². The molecule has 0 amide bonds. The number of rotatable bonds is 3. The van der Waals surface area contributed by atoms with Gasteiger partial charge in [-0.2, -0.15) is 0 Å².